The fraction of sp³-hybridized carbons (Fsp3) is 0.875. The van der Waals surface area contributed by atoms with Crippen molar-refractivity contribution >= 4 is 5.97 Å². The molecule has 0 fully saturated rings. The Morgan fingerprint density at radius 2 is 2.27 bits per heavy atom. The molecule has 0 saturated heterocycles. The van der Waals surface area contributed by atoms with Crippen molar-refractivity contribution < 1.29 is 14.6 Å². The molecule has 3 heteroatoms. The van der Waals surface area contributed by atoms with E-state index in [0.717, 1.165) is 12.8 Å². The summed E-state index contributed by atoms with van der Waals surface area (Å²) in [5.74, 6) is -0.136. The third-order valence-corrected chi connectivity index (χ3v) is 1.44. The van der Waals surface area contributed by atoms with Gasteiger partial charge in [0.2, 0.25) is 0 Å². The van der Waals surface area contributed by atoms with E-state index < -0.39 is 12.6 Å². The van der Waals surface area contributed by atoms with E-state index in [-0.39, 0.29) is 0 Å². The molecule has 1 atom stereocenters. The number of ether oxygens (including phenoxy) is 1. The number of carbonyl (C=O) groups excluding carboxylic acids is 1. The fourth-order valence-corrected chi connectivity index (χ4v) is 0.857. The van der Waals surface area contributed by atoms with Crippen LogP contribution in [0.2, 0.25) is 0 Å². The maximum Gasteiger partial charge on any atom is 0.331 e. The molecule has 0 radical (unpaired) electrons. The molecule has 0 spiro atoms. The van der Waals surface area contributed by atoms with Gasteiger partial charge in [-0.15, -0.1) is 0 Å². The molecule has 0 amide bonds. The average molecular weight is 160 g/mol. The van der Waals surface area contributed by atoms with E-state index in [9.17, 15) is 4.79 Å². The van der Waals surface area contributed by atoms with Crippen LogP contribution in [-0.2, 0) is 9.53 Å². The fourth-order valence-electron chi connectivity index (χ4n) is 0.857. The van der Waals surface area contributed by atoms with Crippen LogP contribution >= 0.6 is 0 Å². The molecule has 0 aromatic carbocycles. The van der Waals surface area contributed by atoms with Gasteiger partial charge in [0.1, 0.15) is 6.61 Å². The summed E-state index contributed by atoms with van der Waals surface area (Å²) in [6.07, 6.45) is 2.15. The molecule has 11 heavy (non-hydrogen) atoms. The van der Waals surface area contributed by atoms with Crippen LogP contribution in [0, 0.1) is 5.92 Å². The number of aliphatic hydroxyl groups excluding tert-OH is 1. The largest absolute Gasteiger partial charge is 0.464 e. The van der Waals surface area contributed by atoms with E-state index >= 15 is 0 Å². The first kappa shape index (κ1) is 10.4. The molecule has 0 heterocycles. The number of esters is 1. The van der Waals surface area contributed by atoms with Crippen LogP contribution in [0.25, 0.3) is 0 Å². The second kappa shape index (κ2) is 6.16. The Hall–Kier alpha value is -0.570. The Bertz CT molecular complexity index is 112. The quantitative estimate of drug-likeness (QED) is 0.609. The SMILES string of the molecule is CCC[C@H](C)COC(=O)CO. The lowest BCUT2D eigenvalue weighted by Gasteiger charge is -2.09. The van der Waals surface area contributed by atoms with Crippen LogP contribution in [0.3, 0.4) is 0 Å². The Morgan fingerprint density at radius 1 is 1.64 bits per heavy atom. The van der Waals surface area contributed by atoms with Crippen molar-refractivity contribution in [2.45, 2.75) is 26.7 Å². The number of rotatable bonds is 5. The van der Waals surface area contributed by atoms with Gasteiger partial charge in [0, 0.05) is 0 Å². The summed E-state index contributed by atoms with van der Waals surface area (Å²) >= 11 is 0. The second-order valence-corrected chi connectivity index (χ2v) is 2.73. The molecular formula is C8H16O3. The number of aliphatic hydroxyl groups is 1. The van der Waals surface area contributed by atoms with Crippen LogP contribution in [0.4, 0.5) is 0 Å². The molecule has 1 N–H and O–H groups in total. The van der Waals surface area contributed by atoms with Gasteiger partial charge in [-0.05, 0) is 12.3 Å². The zero-order chi connectivity index (χ0) is 8.69. The minimum Gasteiger partial charge on any atom is -0.464 e. The first-order valence-corrected chi connectivity index (χ1v) is 3.97. The van der Waals surface area contributed by atoms with E-state index in [0.29, 0.717) is 12.5 Å². The van der Waals surface area contributed by atoms with Crippen LogP contribution in [-0.4, -0.2) is 24.3 Å². The average Bonchev–Trinajstić information content (AvgIpc) is 2.01. The maximum atomic E-state index is 10.4. The number of carbonyl (C=O) groups is 1. The van der Waals surface area contributed by atoms with Gasteiger partial charge in [-0.3, -0.25) is 0 Å². The highest BCUT2D eigenvalue weighted by Crippen LogP contribution is 2.04. The van der Waals surface area contributed by atoms with Gasteiger partial charge in [-0.25, -0.2) is 4.79 Å². The van der Waals surface area contributed by atoms with Crippen molar-refractivity contribution in [2.75, 3.05) is 13.2 Å². The lowest BCUT2D eigenvalue weighted by atomic mass is 10.1. The van der Waals surface area contributed by atoms with Crippen molar-refractivity contribution in [1.29, 1.82) is 0 Å². The van der Waals surface area contributed by atoms with Gasteiger partial charge in [0.05, 0.1) is 6.61 Å². The molecule has 0 aromatic heterocycles. The summed E-state index contributed by atoms with van der Waals surface area (Å²) in [6.45, 7) is 4.02. The van der Waals surface area contributed by atoms with Gasteiger partial charge in [0.25, 0.3) is 0 Å². The molecule has 66 valence electrons. The zero-order valence-corrected chi connectivity index (χ0v) is 7.17. The summed E-state index contributed by atoms with van der Waals surface area (Å²) in [5, 5.41) is 8.30. The van der Waals surface area contributed by atoms with E-state index in [4.69, 9.17) is 9.84 Å². The highest BCUT2D eigenvalue weighted by molar-refractivity contribution is 5.70. The molecule has 0 aliphatic heterocycles. The normalized spacial score (nSPS) is 12.6. The summed E-state index contributed by atoms with van der Waals surface area (Å²) in [5.41, 5.74) is 0. The standard InChI is InChI=1S/C8H16O3/c1-3-4-7(2)6-11-8(10)5-9/h7,9H,3-6H2,1-2H3/t7-/m0/s1. The topological polar surface area (TPSA) is 46.5 Å². The lowest BCUT2D eigenvalue weighted by Crippen LogP contribution is -2.14. The van der Waals surface area contributed by atoms with Gasteiger partial charge in [-0.2, -0.15) is 0 Å². The van der Waals surface area contributed by atoms with Gasteiger partial charge in [-0.1, -0.05) is 20.3 Å². The Balaban J connectivity index is 3.29. The molecule has 0 unspecified atom stereocenters. The zero-order valence-electron chi connectivity index (χ0n) is 7.17. The Labute approximate surface area is 67.4 Å². The molecule has 0 saturated carbocycles. The van der Waals surface area contributed by atoms with Crippen LogP contribution in [0.15, 0.2) is 0 Å². The number of hydrogen-bond donors (Lipinski definition) is 1. The second-order valence-electron chi connectivity index (χ2n) is 2.73. The van der Waals surface area contributed by atoms with Crippen molar-refractivity contribution in [3.05, 3.63) is 0 Å². The van der Waals surface area contributed by atoms with E-state index in [2.05, 4.69) is 6.92 Å². The minimum atomic E-state index is -0.534. The predicted molar refractivity (Wildman–Crippen MR) is 42.1 cm³/mol. The van der Waals surface area contributed by atoms with Crippen molar-refractivity contribution in [1.82, 2.24) is 0 Å². The summed E-state index contributed by atoms with van der Waals surface area (Å²) in [7, 11) is 0. The van der Waals surface area contributed by atoms with E-state index in [1.54, 1.807) is 0 Å². The third kappa shape index (κ3) is 5.85. The highest BCUT2D eigenvalue weighted by atomic mass is 16.5. The van der Waals surface area contributed by atoms with E-state index in [1.807, 2.05) is 6.92 Å². The van der Waals surface area contributed by atoms with Gasteiger partial charge in [0.15, 0.2) is 0 Å². The molecule has 0 aromatic rings. The summed E-state index contributed by atoms with van der Waals surface area (Å²) in [4.78, 5) is 10.4. The number of hydrogen-bond acceptors (Lipinski definition) is 3. The highest BCUT2D eigenvalue weighted by Gasteiger charge is 2.04. The van der Waals surface area contributed by atoms with Gasteiger partial charge < -0.3 is 9.84 Å². The van der Waals surface area contributed by atoms with Crippen molar-refractivity contribution in [3.63, 3.8) is 0 Å². The van der Waals surface area contributed by atoms with Crippen molar-refractivity contribution in [2.24, 2.45) is 5.92 Å². The summed E-state index contributed by atoms with van der Waals surface area (Å²) in [6, 6.07) is 0. The predicted octanol–water partition coefficient (Wildman–Crippen LogP) is 0.958. The lowest BCUT2D eigenvalue weighted by molar-refractivity contribution is -0.148. The molecule has 3 nitrogen and oxygen atoms in total. The Morgan fingerprint density at radius 3 is 2.73 bits per heavy atom. The first-order valence-electron chi connectivity index (χ1n) is 3.97. The molecule has 0 bridgehead atoms. The first-order chi connectivity index (χ1) is 5.20. The molecule has 0 rings (SSSR count). The minimum absolute atomic E-state index is 0.399. The van der Waals surface area contributed by atoms with Crippen LogP contribution in [0.5, 0.6) is 0 Å². The van der Waals surface area contributed by atoms with Gasteiger partial charge >= 0.3 is 5.97 Å². The molecule has 0 aliphatic rings. The van der Waals surface area contributed by atoms with Crippen molar-refractivity contribution in [3.8, 4) is 0 Å². The molecular weight excluding hydrogens is 144 g/mol. The Kier molecular flexibility index (Phi) is 5.84. The smallest absolute Gasteiger partial charge is 0.331 e. The van der Waals surface area contributed by atoms with Crippen LogP contribution < -0.4 is 0 Å². The molecule has 0 aliphatic carbocycles. The van der Waals surface area contributed by atoms with Crippen LogP contribution in [0.1, 0.15) is 26.7 Å². The van der Waals surface area contributed by atoms with E-state index in [1.165, 1.54) is 0 Å². The maximum absolute atomic E-state index is 10.4. The summed E-state index contributed by atoms with van der Waals surface area (Å²) < 4.78 is 4.72. The monoisotopic (exact) mass is 160 g/mol. The third-order valence-electron chi connectivity index (χ3n) is 1.44.